The minimum Gasteiger partial charge on any atom is -0.373 e. The van der Waals surface area contributed by atoms with Crippen molar-refractivity contribution in [2.45, 2.75) is 6.92 Å². The summed E-state index contributed by atoms with van der Waals surface area (Å²) in [7, 11) is 1.89. The molecule has 0 amide bonds. The highest BCUT2D eigenvalue weighted by molar-refractivity contribution is 9.10. The zero-order chi connectivity index (χ0) is 10.1. The van der Waals surface area contributed by atoms with Crippen molar-refractivity contribution in [2.75, 3.05) is 12.4 Å². The van der Waals surface area contributed by atoms with Crippen LogP contribution in [0, 0.1) is 6.92 Å². The number of pyridine rings is 1. The van der Waals surface area contributed by atoms with E-state index in [0.717, 1.165) is 26.8 Å². The Morgan fingerprint density at radius 3 is 2.79 bits per heavy atom. The lowest BCUT2D eigenvalue weighted by Gasteiger charge is -2.06. The van der Waals surface area contributed by atoms with Gasteiger partial charge in [0.25, 0.3) is 0 Å². The maximum absolute atomic E-state index is 4.50. The monoisotopic (exact) mass is 250 g/mol. The van der Waals surface area contributed by atoms with Gasteiger partial charge in [-0.1, -0.05) is 15.9 Å². The van der Waals surface area contributed by atoms with Crippen LogP contribution in [-0.4, -0.2) is 12.0 Å². The number of aryl methyl sites for hydroxylation is 1. The fourth-order valence-electron chi connectivity index (χ4n) is 1.51. The average molecular weight is 251 g/mol. The molecule has 3 heteroatoms. The van der Waals surface area contributed by atoms with Gasteiger partial charge < -0.3 is 5.32 Å². The Morgan fingerprint density at radius 1 is 1.29 bits per heavy atom. The molecule has 2 rings (SSSR count). The third-order valence-corrected chi connectivity index (χ3v) is 2.70. The Hall–Kier alpha value is -1.09. The van der Waals surface area contributed by atoms with E-state index >= 15 is 0 Å². The molecule has 1 aromatic carbocycles. The highest BCUT2D eigenvalue weighted by atomic mass is 79.9. The second-order valence-corrected chi connectivity index (χ2v) is 4.16. The smallest absolute Gasteiger partial charge is 0.129 e. The molecule has 0 spiro atoms. The molecule has 1 heterocycles. The summed E-state index contributed by atoms with van der Waals surface area (Å²) in [4.78, 5) is 4.50. The van der Waals surface area contributed by atoms with E-state index in [9.17, 15) is 0 Å². The van der Waals surface area contributed by atoms with Crippen LogP contribution in [0.4, 0.5) is 5.82 Å². The summed E-state index contributed by atoms with van der Waals surface area (Å²) in [5.74, 6) is 0.944. The number of nitrogens with one attached hydrogen (secondary N) is 1. The predicted molar refractivity (Wildman–Crippen MR) is 63.7 cm³/mol. The maximum Gasteiger partial charge on any atom is 0.129 e. The maximum atomic E-state index is 4.50. The lowest BCUT2D eigenvalue weighted by atomic mass is 10.1. The third kappa shape index (κ3) is 1.60. The van der Waals surface area contributed by atoms with Crippen LogP contribution in [0.1, 0.15) is 5.56 Å². The minimum atomic E-state index is 0.944. The second-order valence-electron chi connectivity index (χ2n) is 3.24. The molecule has 0 aliphatic carbocycles. The van der Waals surface area contributed by atoms with Crippen molar-refractivity contribution in [3.8, 4) is 0 Å². The SMILES string of the molecule is CNc1nc2ccc(Br)cc2cc1C. The van der Waals surface area contributed by atoms with Crippen LogP contribution in [0.25, 0.3) is 10.9 Å². The minimum absolute atomic E-state index is 0.944. The van der Waals surface area contributed by atoms with Gasteiger partial charge in [0.2, 0.25) is 0 Å². The van der Waals surface area contributed by atoms with Crippen molar-refractivity contribution in [3.05, 3.63) is 34.3 Å². The Bertz CT molecular complexity index is 480. The standard InChI is InChI=1S/C11H11BrN2/c1-7-5-8-6-9(12)3-4-10(8)14-11(7)13-2/h3-6H,1-2H3,(H,13,14). The van der Waals surface area contributed by atoms with Gasteiger partial charge in [0.15, 0.2) is 0 Å². The number of fused-ring (bicyclic) bond motifs is 1. The largest absolute Gasteiger partial charge is 0.373 e. The van der Waals surface area contributed by atoms with E-state index in [-0.39, 0.29) is 0 Å². The second kappa shape index (κ2) is 3.58. The van der Waals surface area contributed by atoms with Crippen LogP contribution in [0.5, 0.6) is 0 Å². The highest BCUT2D eigenvalue weighted by Gasteiger charge is 2.01. The first-order valence-electron chi connectivity index (χ1n) is 4.45. The molecule has 0 saturated carbocycles. The Labute approximate surface area is 91.5 Å². The van der Waals surface area contributed by atoms with Crippen LogP contribution < -0.4 is 5.32 Å². The van der Waals surface area contributed by atoms with Crippen LogP contribution in [0.15, 0.2) is 28.7 Å². The van der Waals surface area contributed by atoms with Gasteiger partial charge >= 0.3 is 0 Å². The van der Waals surface area contributed by atoms with Crippen LogP contribution in [0.3, 0.4) is 0 Å². The number of hydrogen-bond acceptors (Lipinski definition) is 2. The zero-order valence-electron chi connectivity index (χ0n) is 8.13. The van der Waals surface area contributed by atoms with E-state index in [1.807, 2.05) is 19.2 Å². The molecule has 0 aliphatic heterocycles. The molecule has 0 bridgehead atoms. The van der Waals surface area contributed by atoms with Crippen LogP contribution in [0.2, 0.25) is 0 Å². The van der Waals surface area contributed by atoms with Gasteiger partial charge in [0.05, 0.1) is 5.52 Å². The molecule has 1 aromatic heterocycles. The topological polar surface area (TPSA) is 24.9 Å². The van der Waals surface area contributed by atoms with Gasteiger partial charge in [-0.15, -0.1) is 0 Å². The summed E-state index contributed by atoms with van der Waals surface area (Å²) < 4.78 is 1.09. The molecular formula is C11H11BrN2. The van der Waals surface area contributed by atoms with Gasteiger partial charge in [-0.25, -0.2) is 4.98 Å². The fraction of sp³-hybridized carbons (Fsp3) is 0.182. The number of aromatic nitrogens is 1. The van der Waals surface area contributed by atoms with E-state index < -0.39 is 0 Å². The Balaban J connectivity index is 2.73. The van der Waals surface area contributed by atoms with Crippen LogP contribution >= 0.6 is 15.9 Å². The average Bonchev–Trinajstić information content (AvgIpc) is 2.16. The van der Waals surface area contributed by atoms with Crippen molar-refractivity contribution in [1.82, 2.24) is 4.98 Å². The predicted octanol–water partition coefficient (Wildman–Crippen LogP) is 3.35. The number of halogens is 1. The number of benzene rings is 1. The molecular weight excluding hydrogens is 240 g/mol. The molecule has 1 N–H and O–H groups in total. The summed E-state index contributed by atoms with van der Waals surface area (Å²) in [5, 5.41) is 4.24. The normalized spacial score (nSPS) is 10.5. The zero-order valence-corrected chi connectivity index (χ0v) is 9.72. The lowest BCUT2D eigenvalue weighted by molar-refractivity contribution is 1.29. The van der Waals surface area contributed by atoms with Gasteiger partial charge in [-0.3, -0.25) is 0 Å². The number of rotatable bonds is 1. The molecule has 0 fully saturated rings. The van der Waals surface area contributed by atoms with Crippen molar-refractivity contribution in [2.24, 2.45) is 0 Å². The van der Waals surface area contributed by atoms with E-state index in [1.54, 1.807) is 0 Å². The van der Waals surface area contributed by atoms with Crippen molar-refractivity contribution >= 4 is 32.7 Å². The quantitative estimate of drug-likeness (QED) is 0.840. The number of nitrogens with zero attached hydrogens (tertiary/aromatic N) is 1. The molecule has 0 aliphatic rings. The highest BCUT2D eigenvalue weighted by Crippen LogP contribution is 2.22. The molecule has 2 nitrogen and oxygen atoms in total. The number of anilines is 1. The summed E-state index contributed by atoms with van der Waals surface area (Å²) >= 11 is 3.45. The van der Waals surface area contributed by atoms with Crippen molar-refractivity contribution < 1.29 is 0 Å². The van der Waals surface area contributed by atoms with Gasteiger partial charge in [0.1, 0.15) is 5.82 Å². The lowest BCUT2D eigenvalue weighted by Crippen LogP contribution is -1.95. The van der Waals surface area contributed by atoms with Crippen molar-refractivity contribution in [3.63, 3.8) is 0 Å². The van der Waals surface area contributed by atoms with E-state index in [0.29, 0.717) is 0 Å². The molecule has 72 valence electrons. The van der Waals surface area contributed by atoms with Gasteiger partial charge in [-0.2, -0.15) is 0 Å². The first-order chi connectivity index (χ1) is 6.70. The third-order valence-electron chi connectivity index (χ3n) is 2.20. The summed E-state index contributed by atoms with van der Waals surface area (Å²) in [5.41, 5.74) is 2.18. The number of hydrogen-bond donors (Lipinski definition) is 1. The van der Waals surface area contributed by atoms with E-state index in [4.69, 9.17) is 0 Å². The van der Waals surface area contributed by atoms with Gasteiger partial charge in [0, 0.05) is 16.9 Å². The summed E-state index contributed by atoms with van der Waals surface area (Å²) in [6.07, 6.45) is 0. The van der Waals surface area contributed by atoms with E-state index in [1.165, 1.54) is 0 Å². The molecule has 0 radical (unpaired) electrons. The summed E-state index contributed by atoms with van der Waals surface area (Å²) in [6, 6.07) is 8.23. The molecule has 2 aromatic rings. The first kappa shape index (κ1) is 9.46. The van der Waals surface area contributed by atoms with Gasteiger partial charge in [-0.05, 0) is 36.8 Å². The summed E-state index contributed by atoms with van der Waals surface area (Å²) in [6.45, 7) is 2.05. The fourth-order valence-corrected chi connectivity index (χ4v) is 1.88. The van der Waals surface area contributed by atoms with E-state index in [2.05, 4.69) is 45.3 Å². The van der Waals surface area contributed by atoms with Crippen LogP contribution in [-0.2, 0) is 0 Å². The Kier molecular flexibility index (Phi) is 2.42. The molecule has 0 saturated heterocycles. The van der Waals surface area contributed by atoms with Crippen molar-refractivity contribution in [1.29, 1.82) is 0 Å². The molecule has 0 atom stereocenters. The molecule has 14 heavy (non-hydrogen) atoms. The molecule has 0 unspecified atom stereocenters. The Morgan fingerprint density at radius 2 is 2.07 bits per heavy atom. The first-order valence-corrected chi connectivity index (χ1v) is 5.24.